The number of H-pyrrole nitrogens is 1. The Hall–Kier alpha value is -2.96. The average Bonchev–Trinajstić information content (AvgIpc) is 2.53. The number of rotatable bonds is 5. The zero-order valence-corrected chi connectivity index (χ0v) is 13.8. The molecule has 1 aromatic carbocycles. The molecule has 0 saturated carbocycles. The monoisotopic (exact) mass is 329 g/mol. The van der Waals surface area contributed by atoms with Crippen molar-refractivity contribution in [1.82, 2.24) is 9.97 Å². The molecule has 0 aliphatic heterocycles. The summed E-state index contributed by atoms with van der Waals surface area (Å²) < 4.78 is 4.69. The molecule has 0 fully saturated rings. The Morgan fingerprint density at radius 2 is 1.96 bits per heavy atom. The van der Waals surface area contributed by atoms with Gasteiger partial charge >= 0.3 is 5.97 Å². The van der Waals surface area contributed by atoms with E-state index in [0.29, 0.717) is 22.8 Å². The van der Waals surface area contributed by atoms with Gasteiger partial charge in [0.15, 0.2) is 0 Å². The van der Waals surface area contributed by atoms with E-state index in [9.17, 15) is 14.4 Å². The summed E-state index contributed by atoms with van der Waals surface area (Å²) in [5, 5.41) is 2.67. The fraction of sp³-hybridized carbons (Fsp3) is 0.294. The first kappa shape index (κ1) is 17.4. The summed E-state index contributed by atoms with van der Waals surface area (Å²) in [7, 11) is 1.28. The summed E-state index contributed by atoms with van der Waals surface area (Å²) in [4.78, 5) is 42.6. The van der Waals surface area contributed by atoms with Crippen molar-refractivity contribution in [1.29, 1.82) is 0 Å². The largest absolute Gasteiger partial charge is 0.465 e. The van der Waals surface area contributed by atoms with Gasteiger partial charge in [-0.15, -0.1) is 0 Å². The summed E-state index contributed by atoms with van der Waals surface area (Å²) >= 11 is 0. The van der Waals surface area contributed by atoms with E-state index >= 15 is 0 Å². The molecule has 0 radical (unpaired) electrons. The summed E-state index contributed by atoms with van der Waals surface area (Å²) in [5.41, 5.74) is 1.51. The van der Waals surface area contributed by atoms with Crippen molar-refractivity contribution in [3.8, 4) is 0 Å². The summed E-state index contributed by atoms with van der Waals surface area (Å²) in [6, 6.07) is 6.58. The van der Waals surface area contributed by atoms with Crippen LogP contribution in [0.25, 0.3) is 0 Å². The van der Waals surface area contributed by atoms with E-state index in [4.69, 9.17) is 0 Å². The highest BCUT2D eigenvalue weighted by atomic mass is 16.5. The van der Waals surface area contributed by atoms with E-state index in [1.807, 2.05) is 0 Å². The Labute approximate surface area is 139 Å². The summed E-state index contributed by atoms with van der Waals surface area (Å²) in [6.07, 6.45) is 0.366. The van der Waals surface area contributed by atoms with Crippen molar-refractivity contribution < 1.29 is 14.3 Å². The van der Waals surface area contributed by atoms with Gasteiger partial charge in [-0.25, -0.2) is 9.78 Å². The number of para-hydroxylation sites is 1. The number of aromatic amines is 1. The van der Waals surface area contributed by atoms with E-state index in [1.54, 1.807) is 38.1 Å². The number of benzene rings is 1. The third kappa shape index (κ3) is 4.07. The van der Waals surface area contributed by atoms with Gasteiger partial charge in [-0.1, -0.05) is 12.1 Å². The molecular formula is C17H19N3O4. The number of nitrogens with zero attached hydrogens (tertiary/aromatic N) is 1. The Balaban J connectivity index is 2.08. The van der Waals surface area contributed by atoms with Crippen LogP contribution in [0.15, 0.2) is 29.1 Å². The van der Waals surface area contributed by atoms with Crippen molar-refractivity contribution in [3.63, 3.8) is 0 Å². The van der Waals surface area contributed by atoms with Crippen LogP contribution in [0.1, 0.15) is 33.9 Å². The van der Waals surface area contributed by atoms with Crippen LogP contribution >= 0.6 is 0 Å². The maximum Gasteiger partial charge on any atom is 0.339 e. The zero-order valence-electron chi connectivity index (χ0n) is 13.8. The average molecular weight is 329 g/mol. The van der Waals surface area contributed by atoms with Gasteiger partial charge < -0.3 is 15.0 Å². The fourth-order valence-electron chi connectivity index (χ4n) is 2.38. The number of nitrogens with one attached hydrogen (secondary N) is 2. The van der Waals surface area contributed by atoms with Gasteiger partial charge in [-0.2, -0.15) is 0 Å². The number of ether oxygens (including phenoxy) is 1. The number of aromatic nitrogens is 2. The number of hydrogen-bond donors (Lipinski definition) is 2. The molecule has 2 rings (SSSR count). The van der Waals surface area contributed by atoms with Gasteiger partial charge in [0.05, 0.1) is 18.4 Å². The first-order chi connectivity index (χ1) is 11.4. The van der Waals surface area contributed by atoms with Crippen molar-refractivity contribution in [2.24, 2.45) is 0 Å². The van der Waals surface area contributed by atoms with E-state index in [-0.39, 0.29) is 29.9 Å². The molecule has 1 amide bonds. The van der Waals surface area contributed by atoms with Crippen LogP contribution in [0.2, 0.25) is 0 Å². The SMILES string of the molecule is COC(=O)c1ccccc1NC(=O)CCc1c(C)nc(C)[nH]c1=O. The van der Waals surface area contributed by atoms with Crippen molar-refractivity contribution in [2.45, 2.75) is 26.7 Å². The lowest BCUT2D eigenvalue weighted by atomic mass is 10.1. The van der Waals surface area contributed by atoms with Gasteiger partial charge in [0, 0.05) is 17.7 Å². The molecule has 7 heteroatoms. The number of aryl methyl sites for hydroxylation is 2. The second-order valence-electron chi connectivity index (χ2n) is 5.30. The summed E-state index contributed by atoms with van der Waals surface area (Å²) in [5.74, 6) is -0.288. The number of esters is 1. The first-order valence-corrected chi connectivity index (χ1v) is 7.46. The molecule has 2 aromatic rings. The molecule has 1 heterocycles. The quantitative estimate of drug-likeness (QED) is 0.814. The lowest BCUT2D eigenvalue weighted by molar-refractivity contribution is -0.116. The molecule has 0 unspecified atom stereocenters. The number of carbonyl (C=O) groups excluding carboxylic acids is 2. The maximum atomic E-state index is 12.1. The lowest BCUT2D eigenvalue weighted by Gasteiger charge is -2.10. The van der Waals surface area contributed by atoms with Crippen LogP contribution in [0.5, 0.6) is 0 Å². The lowest BCUT2D eigenvalue weighted by Crippen LogP contribution is -2.21. The first-order valence-electron chi connectivity index (χ1n) is 7.46. The Morgan fingerprint density at radius 3 is 2.62 bits per heavy atom. The minimum absolute atomic E-state index is 0.101. The predicted octanol–water partition coefficient (Wildman–Crippen LogP) is 1.74. The second kappa shape index (κ2) is 7.54. The van der Waals surface area contributed by atoms with Crippen LogP contribution < -0.4 is 10.9 Å². The zero-order chi connectivity index (χ0) is 17.7. The van der Waals surface area contributed by atoms with Crippen LogP contribution in [-0.2, 0) is 16.0 Å². The molecule has 0 atom stereocenters. The molecule has 126 valence electrons. The van der Waals surface area contributed by atoms with Crippen LogP contribution in [0.4, 0.5) is 5.69 Å². The van der Waals surface area contributed by atoms with E-state index < -0.39 is 5.97 Å². The van der Waals surface area contributed by atoms with E-state index in [2.05, 4.69) is 20.0 Å². The Morgan fingerprint density at radius 1 is 1.25 bits per heavy atom. The molecule has 0 spiro atoms. The van der Waals surface area contributed by atoms with Gasteiger partial charge in [0.25, 0.3) is 5.56 Å². The molecule has 0 bridgehead atoms. The minimum atomic E-state index is -0.527. The molecule has 0 saturated heterocycles. The molecular weight excluding hydrogens is 310 g/mol. The Kier molecular flexibility index (Phi) is 5.47. The number of methoxy groups -OCH3 is 1. The molecule has 2 N–H and O–H groups in total. The van der Waals surface area contributed by atoms with Gasteiger partial charge in [-0.05, 0) is 32.4 Å². The summed E-state index contributed by atoms with van der Waals surface area (Å²) in [6.45, 7) is 3.44. The molecule has 1 aromatic heterocycles. The standard InChI is InChI=1S/C17H19N3O4/c1-10-12(16(22)19-11(2)18-10)8-9-15(21)20-14-7-5-4-6-13(14)17(23)24-3/h4-7H,8-9H2,1-3H3,(H,20,21)(H,18,19,22). The molecule has 24 heavy (non-hydrogen) atoms. The van der Waals surface area contributed by atoms with Crippen molar-refractivity contribution in [2.75, 3.05) is 12.4 Å². The van der Waals surface area contributed by atoms with E-state index in [1.165, 1.54) is 7.11 Å². The van der Waals surface area contributed by atoms with E-state index in [0.717, 1.165) is 0 Å². The third-order valence-corrected chi connectivity index (χ3v) is 3.55. The van der Waals surface area contributed by atoms with Gasteiger partial charge in [0.2, 0.25) is 5.91 Å². The number of anilines is 1. The number of amides is 1. The van der Waals surface area contributed by atoms with Crippen LogP contribution in [0, 0.1) is 13.8 Å². The van der Waals surface area contributed by atoms with Crippen LogP contribution in [-0.4, -0.2) is 29.0 Å². The second-order valence-corrected chi connectivity index (χ2v) is 5.30. The normalized spacial score (nSPS) is 10.3. The topological polar surface area (TPSA) is 101 Å². The van der Waals surface area contributed by atoms with Crippen molar-refractivity contribution in [3.05, 3.63) is 57.3 Å². The Bertz CT molecular complexity index is 827. The third-order valence-electron chi connectivity index (χ3n) is 3.55. The van der Waals surface area contributed by atoms with Crippen molar-refractivity contribution >= 4 is 17.6 Å². The highest BCUT2D eigenvalue weighted by Crippen LogP contribution is 2.16. The highest BCUT2D eigenvalue weighted by Gasteiger charge is 2.14. The number of hydrogen-bond acceptors (Lipinski definition) is 5. The maximum absolute atomic E-state index is 12.1. The highest BCUT2D eigenvalue weighted by molar-refractivity contribution is 6.01. The number of carbonyl (C=O) groups is 2. The van der Waals surface area contributed by atoms with Crippen LogP contribution in [0.3, 0.4) is 0 Å². The molecule has 0 aliphatic carbocycles. The predicted molar refractivity (Wildman–Crippen MR) is 89.1 cm³/mol. The smallest absolute Gasteiger partial charge is 0.339 e. The molecule has 7 nitrogen and oxygen atoms in total. The van der Waals surface area contributed by atoms with Gasteiger partial charge in [-0.3, -0.25) is 9.59 Å². The minimum Gasteiger partial charge on any atom is -0.465 e. The fourth-order valence-corrected chi connectivity index (χ4v) is 2.38. The molecule has 0 aliphatic rings. The van der Waals surface area contributed by atoms with Gasteiger partial charge in [0.1, 0.15) is 5.82 Å².